The summed E-state index contributed by atoms with van der Waals surface area (Å²) in [6, 6.07) is 10.3. The standard InChI is InChI=1S/C22H25BrFN3O3S/c1-3-30-17-6-9-20-19(14-17)22(23)21(15-26-12-10-25(2)11-13-26)27(20)31(28,29)18-7-4-16(24)5-8-18/h4-9,14H,3,10-13,15H2,1-2H3. The van der Waals surface area contributed by atoms with E-state index in [0.717, 1.165) is 36.0 Å². The first kappa shape index (κ1) is 22.3. The summed E-state index contributed by atoms with van der Waals surface area (Å²) in [5.41, 5.74) is 1.21. The molecule has 1 aliphatic rings. The Morgan fingerprint density at radius 1 is 1.06 bits per heavy atom. The number of rotatable bonds is 6. The SMILES string of the molecule is CCOc1ccc2c(c1)c(Br)c(CN1CCN(C)CC1)n2S(=O)(=O)c1ccc(F)cc1. The highest BCUT2D eigenvalue weighted by Gasteiger charge is 2.28. The van der Waals surface area contributed by atoms with Gasteiger partial charge in [-0.1, -0.05) is 0 Å². The Balaban J connectivity index is 1.87. The Hall–Kier alpha value is -1.94. The van der Waals surface area contributed by atoms with Gasteiger partial charge < -0.3 is 9.64 Å². The van der Waals surface area contributed by atoms with Crippen LogP contribution in [0.5, 0.6) is 5.75 Å². The van der Waals surface area contributed by atoms with Gasteiger partial charge in [-0.3, -0.25) is 4.90 Å². The molecule has 2 heterocycles. The Kier molecular flexibility index (Phi) is 6.39. The van der Waals surface area contributed by atoms with Crippen LogP contribution < -0.4 is 4.74 Å². The van der Waals surface area contributed by atoms with Crippen molar-refractivity contribution < 1.29 is 17.5 Å². The maximum Gasteiger partial charge on any atom is 0.268 e. The lowest BCUT2D eigenvalue weighted by Gasteiger charge is -2.32. The van der Waals surface area contributed by atoms with Crippen molar-refractivity contribution in [1.82, 2.24) is 13.8 Å². The fraction of sp³-hybridized carbons (Fsp3) is 0.364. The van der Waals surface area contributed by atoms with Crippen LogP contribution in [0.1, 0.15) is 12.6 Å². The smallest absolute Gasteiger partial charge is 0.268 e. The van der Waals surface area contributed by atoms with Gasteiger partial charge in [0.2, 0.25) is 0 Å². The van der Waals surface area contributed by atoms with E-state index in [-0.39, 0.29) is 4.90 Å². The first-order valence-electron chi connectivity index (χ1n) is 10.2. The van der Waals surface area contributed by atoms with Crippen LogP contribution in [0.25, 0.3) is 10.9 Å². The molecule has 166 valence electrons. The molecule has 6 nitrogen and oxygen atoms in total. The van der Waals surface area contributed by atoms with Crippen LogP contribution in [0.3, 0.4) is 0 Å². The van der Waals surface area contributed by atoms with Crippen molar-refractivity contribution >= 4 is 36.9 Å². The number of fused-ring (bicyclic) bond motifs is 1. The lowest BCUT2D eigenvalue weighted by Crippen LogP contribution is -2.44. The second-order valence-electron chi connectivity index (χ2n) is 7.68. The van der Waals surface area contributed by atoms with Crippen LogP contribution in [0.15, 0.2) is 51.8 Å². The van der Waals surface area contributed by atoms with E-state index in [1.165, 1.54) is 28.2 Å². The molecule has 1 fully saturated rings. The fourth-order valence-corrected chi connectivity index (χ4v) is 6.14. The van der Waals surface area contributed by atoms with Gasteiger partial charge in [0.1, 0.15) is 11.6 Å². The van der Waals surface area contributed by atoms with E-state index in [4.69, 9.17) is 4.74 Å². The van der Waals surface area contributed by atoms with Crippen molar-refractivity contribution in [1.29, 1.82) is 0 Å². The summed E-state index contributed by atoms with van der Waals surface area (Å²) >= 11 is 3.67. The van der Waals surface area contributed by atoms with Crippen molar-refractivity contribution in [3.05, 3.63) is 58.4 Å². The van der Waals surface area contributed by atoms with Crippen LogP contribution in [-0.4, -0.2) is 62.0 Å². The molecule has 0 amide bonds. The Bertz CT molecular complexity index is 1190. The molecule has 0 aliphatic carbocycles. The maximum absolute atomic E-state index is 13.7. The van der Waals surface area contributed by atoms with Crippen LogP contribution in [0, 0.1) is 5.82 Å². The van der Waals surface area contributed by atoms with E-state index in [1.54, 1.807) is 12.1 Å². The minimum atomic E-state index is -3.94. The molecule has 0 N–H and O–H groups in total. The van der Waals surface area contributed by atoms with Crippen molar-refractivity contribution in [2.45, 2.75) is 18.4 Å². The number of ether oxygens (including phenoxy) is 1. The zero-order valence-electron chi connectivity index (χ0n) is 17.5. The zero-order valence-corrected chi connectivity index (χ0v) is 19.9. The second-order valence-corrected chi connectivity index (χ2v) is 10.3. The molecule has 0 bridgehead atoms. The van der Waals surface area contributed by atoms with E-state index in [9.17, 15) is 12.8 Å². The van der Waals surface area contributed by atoms with Crippen molar-refractivity contribution in [2.24, 2.45) is 0 Å². The molecule has 3 aromatic rings. The predicted octanol–water partition coefficient (Wildman–Crippen LogP) is 3.93. The molecule has 1 aliphatic heterocycles. The number of benzene rings is 2. The Labute approximate surface area is 190 Å². The molecule has 0 radical (unpaired) electrons. The van der Waals surface area contributed by atoms with Gasteiger partial charge >= 0.3 is 0 Å². The van der Waals surface area contributed by atoms with Gasteiger partial charge in [-0.2, -0.15) is 0 Å². The zero-order chi connectivity index (χ0) is 22.2. The van der Waals surface area contributed by atoms with Crippen molar-refractivity contribution in [3.8, 4) is 5.75 Å². The Morgan fingerprint density at radius 2 is 1.74 bits per heavy atom. The summed E-state index contributed by atoms with van der Waals surface area (Å²) in [7, 11) is -1.85. The maximum atomic E-state index is 13.7. The normalized spacial score (nSPS) is 16.1. The van der Waals surface area contributed by atoms with E-state index in [0.29, 0.717) is 30.1 Å². The highest BCUT2D eigenvalue weighted by molar-refractivity contribution is 9.10. The third-order valence-electron chi connectivity index (χ3n) is 5.55. The van der Waals surface area contributed by atoms with Crippen molar-refractivity contribution in [2.75, 3.05) is 39.8 Å². The third-order valence-corrected chi connectivity index (χ3v) is 8.20. The summed E-state index contributed by atoms with van der Waals surface area (Å²) in [6.45, 7) is 6.46. The predicted molar refractivity (Wildman–Crippen MR) is 123 cm³/mol. The molecule has 2 aromatic carbocycles. The molecule has 0 unspecified atom stereocenters. The summed E-state index contributed by atoms with van der Waals surface area (Å²) in [5, 5.41) is 0.765. The first-order chi connectivity index (χ1) is 14.8. The number of likely N-dealkylation sites (N-methyl/N-ethyl adjacent to an activating group) is 1. The molecule has 4 rings (SSSR count). The average molecular weight is 510 g/mol. The van der Waals surface area contributed by atoms with Gasteiger partial charge in [0.15, 0.2) is 0 Å². The number of hydrogen-bond donors (Lipinski definition) is 0. The number of hydrogen-bond acceptors (Lipinski definition) is 5. The molecular formula is C22H25BrFN3O3S. The second kappa shape index (κ2) is 8.90. The third kappa shape index (κ3) is 4.37. The van der Waals surface area contributed by atoms with Gasteiger partial charge in [-0.25, -0.2) is 16.8 Å². The molecule has 1 saturated heterocycles. The molecule has 0 saturated carbocycles. The van der Waals surface area contributed by atoms with E-state index < -0.39 is 15.8 Å². The largest absolute Gasteiger partial charge is 0.494 e. The van der Waals surface area contributed by atoms with Gasteiger partial charge in [0.25, 0.3) is 10.0 Å². The summed E-state index contributed by atoms with van der Waals surface area (Å²) in [5.74, 6) is 0.203. The van der Waals surface area contributed by atoms with Gasteiger partial charge in [0.05, 0.1) is 22.7 Å². The van der Waals surface area contributed by atoms with Crippen LogP contribution in [0.4, 0.5) is 4.39 Å². The molecule has 1 aromatic heterocycles. The van der Waals surface area contributed by atoms with Gasteiger partial charge in [-0.15, -0.1) is 0 Å². The van der Waals surface area contributed by atoms with Gasteiger partial charge in [0, 0.05) is 42.6 Å². The van der Waals surface area contributed by atoms with Crippen molar-refractivity contribution in [3.63, 3.8) is 0 Å². The lowest BCUT2D eigenvalue weighted by atomic mass is 10.2. The monoisotopic (exact) mass is 509 g/mol. The molecule has 0 atom stereocenters. The van der Waals surface area contributed by atoms with E-state index in [2.05, 4.69) is 32.8 Å². The average Bonchev–Trinajstić information content (AvgIpc) is 3.02. The summed E-state index contributed by atoms with van der Waals surface area (Å²) in [4.78, 5) is 4.55. The van der Waals surface area contributed by atoms with Gasteiger partial charge in [-0.05, 0) is 72.4 Å². The number of nitrogens with zero attached hydrogens (tertiary/aromatic N) is 3. The van der Waals surface area contributed by atoms with Crippen LogP contribution in [0.2, 0.25) is 0 Å². The lowest BCUT2D eigenvalue weighted by molar-refractivity contribution is 0.146. The topological polar surface area (TPSA) is 54.8 Å². The number of aromatic nitrogens is 1. The minimum absolute atomic E-state index is 0.0480. The number of piperazine rings is 1. The fourth-order valence-electron chi connectivity index (χ4n) is 3.85. The van der Waals surface area contributed by atoms with Crippen LogP contribution >= 0.6 is 15.9 Å². The summed E-state index contributed by atoms with van der Waals surface area (Å²) < 4.78 is 48.5. The molecule has 9 heteroatoms. The quantitative estimate of drug-likeness (QED) is 0.503. The van der Waals surface area contributed by atoms with Crippen LogP contribution in [-0.2, 0) is 16.6 Å². The van der Waals surface area contributed by atoms with E-state index in [1.807, 2.05) is 13.0 Å². The highest BCUT2D eigenvalue weighted by atomic mass is 79.9. The molecule has 0 spiro atoms. The van der Waals surface area contributed by atoms with E-state index >= 15 is 0 Å². The first-order valence-corrected chi connectivity index (χ1v) is 12.4. The minimum Gasteiger partial charge on any atom is -0.494 e. The molecular weight excluding hydrogens is 485 g/mol. The summed E-state index contributed by atoms with van der Waals surface area (Å²) in [6.07, 6.45) is 0. The molecule has 31 heavy (non-hydrogen) atoms. The number of halogens is 2. The highest BCUT2D eigenvalue weighted by Crippen LogP contribution is 2.37. The Morgan fingerprint density at radius 3 is 2.39 bits per heavy atom.